The molecule has 152 valence electrons. The van der Waals surface area contributed by atoms with E-state index in [1.807, 2.05) is 48.5 Å². The molecule has 0 saturated carbocycles. The van der Waals surface area contributed by atoms with E-state index in [0.717, 1.165) is 28.0 Å². The lowest BCUT2D eigenvalue weighted by Gasteiger charge is -2.07. The molecule has 2 N–H and O–H groups in total. The zero-order valence-electron chi connectivity index (χ0n) is 16.4. The zero-order chi connectivity index (χ0) is 21.1. The van der Waals surface area contributed by atoms with Crippen LogP contribution in [0.4, 0.5) is 5.69 Å². The fourth-order valence-corrected chi connectivity index (χ4v) is 4.06. The van der Waals surface area contributed by atoms with Crippen LogP contribution in [0.1, 0.15) is 12.5 Å². The van der Waals surface area contributed by atoms with Crippen LogP contribution in [0.15, 0.2) is 77.7 Å². The molecule has 0 spiro atoms. The van der Waals surface area contributed by atoms with Crippen LogP contribution in [-0.2, 0) is 21.1 Å². The summed E-state index contributed by atoms with van der Waals surface area (Å²) in [5.41, 5.74) is 4.24. The number of anilines is 1. The van der Waals surface area contributed by atoms with Gasteiger partial charge >= 0.3 is 0 Å². The van der Waals surface area contributed by atoms with E-state index in [2.05, 4.69) is 15.3 Å². The van der Waals surface area contributed by atoms with Gasteiger partial charge in [-0.25, -0.2) is 13.4 Å². The highest BCUT2D eigenvalue weighted by Gasteiger charge is 2.12. The lowest BCUT2D eigenvalue weighted by Crippen LogP contribution is -2.14. The molecule has 1 aromatic heterocycles. The zero-order valence-corrected chi connectivity index (χ0v) is 17.2. The third kappa shape index (κ3) is 4.26. The average molecular weight is 420 g/mol. The highest BCUT2D eigenvalue weighted by atomic mass is 32.2. The van der Waals surface area contributed by atoms with Crippen LogP contribution in [0.3, 0.4) is 0 Å². The van der Waals surface area contributed by atoms with Crippen LogP contribution in [-0.4, -0.2) is 30.0 Å². The molecule has 0 aliphatic heterocycles. The molecule has 0 radical (unpaired) electrons. The van der Waals surface area contributed by atoms with Gasteiger partial charge in [-0.15, -0.1) is 0 Å². The fourth-order valence-electron chi connectivity index (χ4n) is 3.17. The maximum absolute atomic E-state index is 12.3. The summed E-state index contributed by atoms with van der Waals surface area (Å²) < 4.78 is 23.7. The normalized spacial score (nSPS) is 11.5. The number of para-hydroxylation sites is 2. The van der Waals surface area contributed by atoms with Crippen molar-refractivity contribution in [2.75, 3.05) is 11.1 Å². The van der Waals surface area contributed by atoms with Crippen molar-refractivity contribution in [2.45, 2.75) is 18.2 Å². The number of hydrogen-bond donors (Lipinski definition) is 2. The van der Waals surface area contributed by atoms with Gasteiger partial charge in [0.05, 0.1) is 28.1 Å². The lowest BCUT2D eigenvalue weighted by molar-refractivity contribution is -0.115. The first-order valence-corrected chi connectivity index (χ1v) is 11.3. The molecule has 0 bridgehead atoms. The van der Waals surface area contributed by atoms with E-state index >= 15 is 0 Å². The quantitative estimate of drug-likeness (QED) is 0.490. The van der Waals surface area contributed by atoms with E-state index in [4.69, 9.17) is 0 Å². The molecule has 6 nitrogen and oxygen atoms in total. The third-order valence-corrected chi connectivity index (χ3v) is 6.61. The predicted octanol–water partition coefficient (Wildman–Crippen LogP) is 4.20. The van der Waals surface area contributed by atoms with Crippen LogP contribution < -0.4 is 5.32 Å². The number of benzene rings is 3. The molecule has 4 rings (SSSR count). The average Bonchev–Trinajstić information content (AvgIpc) is 3.19. The van der Waals surface area contributed by atoms with Crippen LogP contribution in [0.25, 0.3) is 22.4 Å². The highest BCUT2D eigenvalue weighted by molar-refractivity contribution is 7.91. The number of sulfone groups is 1. The SMILES string of the molecule is CCS(=O)(=O)c1ccc(CC(=O)Nc2ccc(-c3nc4ccccc4[nH]3)cc2)cc1. The van der Waals surface area contributed by atoms with Gasteiger partial charge in [-0.2, -0.15) is 0 Å². The molecular formula is C23H21N3O3S. The number of carbonyl (C=O) groups excluding carboxylic acids is 1. The predicted molar refractivity (Wildman–Crippen MR) is 118 cm³/mol. The van der Waals surface area contributed by atoms with Crippen molar-refractivity contribution in [3.63, 3.8) is 0 Å². The molecule has 0 fully saturated rings. The molecule has 0 aliphatic rings. The molecule has 3 aromatic carbocycles. The Morgan fingerprint density at radius 2 is 1.67 bits per heavy atom. The Bertz CT molecular complexity index is 1260. The van der Waals surface area contributed by atoms with Crippen LogP contribution in [0, 0.1) is 0 Å². The molecule has 1 amide bonds. The number of nitrogens with zero attached hydrogens (tertiary/aromatic N) is 1. The second-order valence-electron chi connectivity index (χ2n) is 6.95. The number of amides is 1. The summed E-state index contributed by atoms with van der Waals surface area (Å²) >= 11 is 0. The van der Waals surface area contributed by atoms with Crippen molar-refractivity contribution in [1.82, 2.24) is 9.97 Å². The van der Waals surface area contributed by atoms with Gasteiger partial charge < -0.3 is 10.3 Å². The van der Waals surface area contributed by atoms with E-state index in [-0.39, 0.29) is 23.0 Å². The number of imidazole rings is 1. The Morgan fingerprint density at radius 3 is 2.33 bits per heavy atom. The second-order valence-corrected chi connectivity index (χ2v) is 9.23. The van der Waals surface area contributed by atoms with E-state index < -0.39 is 9.84 Å². The van der Waals surface area contributed by atoms with Gasteiger partial charge in [0, 0.05) is 11.3 Å². The molecule has 7 heteroatoms. The number of aromatic nitrogens is 2. The summed E-state index contributed by atoms with van der Waals surface area (Å²) in [7, 11) is -3.24. The van der Waals surface area contributed by atoms with Crippen molar-refractivity contribution >= 4 is 32.5 Å². The van der Waals surface area contributed by atoms with Crippen molar-refractivity contribution in [2.24, 2.45) is 0 Å². The Labute approximate surface area is 174 Å². The summed E-state index contributed by atoms with van der Waals surface area (Å²) in [6.07, 6.45) is 0.164. The van der Waals surface area contributed by atoms with Gasteiger partial charge in [-0.1, -0.05) is 31.2 Å². The van der Waals surface area contributed by atoms with Crippen LogP contribution in [0.5, 0.6) is 0 Å². The smallest absolute Gasteiger partial charge is 0.228 e. The van der Waals surface area contributed by atoms with Gasteiger partial charge in [0.2, 0.25) is 5.91 Å². The Balaban J connectivity index is 1.41. The van der Waals surface area contributed by atoms with Gasteiger partial charge in [0.1, 0.15) is 5.82 Å². The first-order valence-electron chi connectivity index (χ1n) is 9.61. The van der Waals surface area contributed by atoms with Crippen molar-refractivity contribution in [3.05, 3.63) is 78.4 Å². The molecule has 30 heavy (non-hydrogen) atoms. The van der Waals surface area contributed by atoms with E-state index in [9.17, 15) is 13.2 Å². The number of hydrogen-bond acceptors (Lipinski definition) is 4. The van der Waals surface area contributed by atoms with Crippen molar-refractivity contribution < 1.29 is 13.2 Å². The van der Waals surface area contributed by atoms with E-state index in [1.165, 1.54) is 0 Å². The Kier molecular flexibility index (Phi) is 5.37. The number of aromatic amines is 1. The molecule has 0 saturated heterocycles. The topological polar surface area (TPSA) is 91.9 Å². The van der Waals surface area contributed by atoms with Crippen LogP contribution >= 0.6 is 0 Å². The highest BCUT2D eigenvalue weighted by Crippen LogP contribution is 2.22. The first kappa shape index (κ1) is 19.8. The molecule has 4 aromatic rings. The maximum atomic E-state index is 12.3. The molecule has 0 unspecified atom stereocenters. The summed E-state index contributed by atoms with van der Waals surface area (Å²) in [5, 5.41) is 2.86. The molecule has 0 atom stereocenters. The number of H-pyrrole nitrogens is 1. The van der Waals surface area contributed by atoms with Gasteiger partial charge in [0.15, 0.2) is 9.84 Å². The summed E-state index contributed by atoms with van der Waals surface area (Å²) in [6.45, 7) is 1.61. The Morgan fingerprint density at radius 1 is 0.967 bits per heavy atom. The first-order chi connectivity index (χ1) is 14.4. The van der Waals surface area contributed by atoms with E-state index in [0.29, 0.717) is 5.69 Å². The Hall–Kier alpha value is -3.45. The summed E-state index contributed by atoms with van der Waals surface area (Å²) in [5.74, 6) is 0.658. The monoisotopic (exact) mass is 419 g/mol. The van der Waals surface area contributed by atoms with Gasteiger partial charge in [-0.05, 0) is 54.1 Å². The van der Waals surface area contributed by atoms with E-state index in [1.54, 1.807) is 31.2 Å². The maximum Gasteiger partial charge on any atom is 0.228 e. The standard InChI is InChI=1S/C23H21N3O3S/c1-2-30(28,29)19-13-7-16(8-14-19)15-22(27)24-18-11-9-17(10-12-18)23-25-20-5-3-4-6-21(20)26-23/h3-14H,2,15H2,1H3,(H,24,27)(H,25,26). The molecule has 1 heterocycles. The van der Waals surface area contributed by atoms with Crippen molar-refractivity contribution in [1.29, 1.82) is 0 Å². The lowest BCUT2D eigenvalue weighted by atomic mass is 10.1. The minimum atomic E-state index is -3.24. The number of fused-ring (bicyclic) bond motifs is 1. The minimum Gasteiger partial charge on any atom is -0.338 e. The van der Waals surface area contributed by atoms with Gasteiger partial charge in [0.25, 0.3) is 0 Å². The minimum absolute atomic E-state index is 0.0524. The molecular weight excluding hydrogens is 398 g/mol. The third-order valence-electron chi connectivity index (χ3n) is 4.86. The summed E-state index contributed by atoms with van der Waals surface area (Å²) in [4.78, 5) is 20.5. The largest absolute Gasteiger partial charge is 0.338 e. The number of carbonyl (C=O) groups is 1. The summed E-state index contributed by atoms with van der Waals surface area (Å²) in [6, 6.07) is 21.7. The van der Waals surface area contributed by atoms with Crippen molar-refractivity contribution in [3.8, 4) is 11.4 Å². The number of nitrogens with one attached hydrogen (secondary N) is 2. The van der Waals surface area contributed by atoms with Crippen LogP contribution in [0.2, 0.25) is 0 Å². The second kappa shape index (κ2) is 8.12. The fraction of sp³-hybridized carbons (Fsp3) is 0.130. The van der Waals surface area contributed by atoms with Gasteiger partial charge in [-0.3, -0.25) is 4.79 Å². The number of rotatable bonds is 6. The molecule has 0 aliphatic carbocycles.